The van der Waals surface area contributed by atoms with E-state index in [1.54, 1.807) is 0 Å². The van der Waals surface area contributed by atoms with E-state index in [2.05, 4.69) is 32.6 Å². The van der Waals surface area contributed by atoms with E-state index in [0.717, 1.165) is 45.1 Å². The number of carbonyl (C=O) groups is 2. The topological polar surface area (TPSA) is 37.4 Å². The maximum atomic E-state index is 12.7. The number of Topliss-reactive ketones (excluding diaryl/α,β-unsaturated/α-hetero) is 1. The Balaban J connectivity index is 2.04. The molecular weight excluding hydrogens is 262 g/mol. The normalized spacial score (nSPS) is 28.8. The molecule has 3 unspecified atom stereocenters. The van der Waals surface area contributed by atoms with Crippen LogP contribution in [-0.2, 0) is 9.59 Å². The highest BCUT2D eigenvalue weighted by molar-refractivity contribution is 5.85. The first-order chi connectivity index (χ1) is 9.80. The summed E-state index contributed by atoms with van der Waals surface area (Å²) in [6.45, 7) is 9.60. The summed E-state index contributed by atoms with van der Waals surface area (Å²) in [5, 5.41) is 0. The van der Waals surface area contributed by atoms with Crippen molar-refractivity contribution in [3.05, 3.63) is 0 Å². The smallest absolute Gasteiger partial charge is 0.223 e. The third kappa shape index (κ3) is 3.87. The summed E-state index contributed by atoms with van der Waals surface area (Å²) < 4.78 is 0. The molecular formula is C18H31NO2. The Morgan fingerprint density at radius 3 is 2.52 bits per heavy atom. The molecule has 0 aromatic rings. The van der Waals surface area contributed by atoms with Crippen LogP contribution >= 0.6 is 0 Å². The first-order valence-corrected chi connectivity index (χ1v) is 8.63. The lowest BCUT2D eigenvalue weighted by atomic mass is 9.79. The highest BCUT2D eigenvalue weighted by Crippen LogP contribution is 2.34. The lowest BCUT2D eigenvalue weighted by Crippen LogP contribution is -2.49. The van der Waals surface area contributed by atoms with Crippen LogP contribution in [0.25, 0.3) is 0 Å². The molecule has 0 N–H and O–H groups in total. The molecule has 3 heteroatoms. The summed E-state index contributed by atoms with van der Waals surface area (Å²) in [5.41, 5.74) is 0.157. The van der Waals surface area contributed by atoms with E-state index >= 15 is 0 Å². The van der Waals surface area contributed by atoms with Gasteiger partial charge in [0.2, 0.25) is 5.91 Å². The van der Waals surface area contributed by atoms with Crippen molar-refractivity contribution in [1.82, 2.24) is 4.90 Å². The molecule has 0 radical (unpaired) electrons. The van der Waals surface area contributed by atoms with Crippen molar-refractivity contribution in [2.24, 2.45) is 17.3 Å². The van der Waals surface area contributed by atoms with Crippen molar-refractivity contribution in [2.45, 2.75) is 78.7 Å². The Morgan fingerprint density at radius 2 is 1.95 bits per heavy atom. The van der Waals surface area contributed by atoms with E-state index in [4.69, 9.17) is 0 Å². The van der Waals surface area contributed by atoms with Crippen LogP contribution in [0, 0.1) is 17.3 Å². The van der Waals surface area contributed by atoms with Crippen molar-refractivity contribution in [3.63, 3.8) is 0 Å². The zero-order valence-corrected chi connectivity index (χ0v) is 14.2. The summed E-state index contributed by atoms with van der Waals surface area (Å²) in [4.78, 5) is 26.9. The molecule has 2 rings (SSSR count). The van der Waals surface area contributed by atoms with E-state index in [-0.39, 0.29) is 23.3 Å². The highest BCUT2D eigenvalue weighted by Gasteiger charge is 2.39. The number of piperidine rings is 1. The second-order valence-corrected chi connectivity index (χ2v) is 8.09. The summed E-state index contributed by atoms with van der Waals surface area (Å²) >= 11 is 0. The lowest BCUT2D eigenvalue weighted by molar-refractivity contribution is -0.139. The SMILES string of the molecule is CC(CC(=O)N1CCCCC1C1CCCC1=O)C(C)(C)C. The molecule has 21 heavy (non-hydrogen) atoms. The van der Waals surface area contributed by atoms with Crippen molar-refractivity contribution < 1.29 is 9.59 Å². The van der Waals surface area contributed by atoms with E-state index in [1.165, 1.54) is 0 Å². The number of carbonyl (C=O) groups excluding carboxylic acids is 2. The zero-order valence-electron chi connectivity index (χ0n) is 14.2. The van der Waals surface area contributed by atoms with Gasteiger partial charge in [-0.25, -0.2) is 0 Å². The van der Waals surface area contributed by atoms with Gasteiger partial charge in [0.05, 0.1) is 0 Å². The molecule has 0 spiro atoms. The first-order valence-electron chi connectivity index (χ1n) is 8.63. The van der Waals surface area contributed by atoms with Crippen LogP contribution in [-0.4, -0.2) is 29.2 Å². The fraction of sp³-hybridized carbons (Fsp3) is 0.889. The van der Waals surface area contributed by atoms with Crippen LogP contribution in [0.1, 0.15) is 72.6 Å². The summed E-state index contributed by atoms with van der Waals surface area (Å²) in [6.07, 6.45) is 6.61. The molecule has 3 atom stereocenters. The molecule has 1 heterocycles. The van der Waals surface area contributed by atoms with Crippen LogP contribution in [0.3, 0.4) is 0 Å². The first kappa shape index (κ1) is 16.5. The standard InChI is InChI=1S/C18H31NO2/c1-13(18(2,3)4)12-17(21)19-11-6-5-9-15(19)14-8-7-10-16(14)20/h13-15H,5-12H2,1-4H3. The Labute approximate surface area is 129 Å². The lowest BCUT2D eigenvalue weighted by Gasteiger charge is -2.40. The Kier molecular flexibility index (Phi) is 5.11. The molecule has 2 aliphatic rings. The Morgan fingerprint density at radius 1 is 1.24 bits per heavy atom. The van der Waals surface area contributed by atoms with Gasteiger partial charge in [-0.05, 0) is 43.4 Å². The van der Waals surface area contributed by atoms with Crippen LogP contribution in [0.5, 0.6) is 0 Å². The van der Waals surface area contributed by atoms with E-state index in [0.29, 0.717) is 18.1 Å². The molecule has 1 amide bonds. The van der Waals surface area contributed by atoms with Gasteiger partial charge in [-0.2, -0.15) is 0 Å². The van der Waals surface area contributed by atoms with Crippen LogP contribution < -0.4 is 0 Å². The third-order valence-corrected chi connectivity index (χ3v) is 5.65. The predicted octanol–water partition coefficient (Wildman–Crippen LogP) is 3.81. The summed E-state index contributed by atoms with van der Waals surface area (Å²) in [7, 11) is 0. The highest BCUT2D eigenvalue weighted by atomic mass is 16.2. The second kappa shape index (κ2) is 6.50. The minimum Gasteiger partial charge on any atom is -0.339 e. The number of amides is 1. The molecule has 1 aliphatic carbocycles. The number of rotatable bonds is 3. The fourth-order valence-electron chi connectivity index (χ4n) is 3.62. The number of likely N-dealkylation sites (tertiary alicyclic amines) is 1. The monoisotopic (exact) mass is 293 g/mol. The van der Waals surface area contributed by atoms with Gasteiger partial charge < -0.3 is 4.90 Å². The Hall–Kier alpha value is -0.860. The fourth-order valence-corrected chi connectivity index (χ4v) is 3.62. The molecule has 3 nitrogen and oxygen atoms in total. The van der Waals surface area contributed by atoms with E-state index in [9.17, 15) is 9.59 Å². The van der Waals surface area contributed by atoms with Crippen LogP contribution in [0.4, 0.5) is 0 Å². The van der Waals surface area contributed by atoms with Crippen LogP contribution in [0.15, 0.2) is 0 Å². The minimum absolute atomic E-state index is 0.124. The molecule has 120 valence electrons. The van der Waals surface area contributed by atoms with Gasteiger partial charge in [-0.1, -0.05) is 27.7 Å². The van der Waals surface area contributed by atoms with Gasteiger partial charge in [0.15, 0.2) is 0 Å². The van der Waals surface area contributed by atoms with Gasteiger partial charge in [-0.15, -0.1) is 0 Å². The van der Waals surface area contributed by atoms with E-state index in [1.807, 2.05) is 0 Å². The molecule has 1 saturated carbocycles. The molecule has 0 aromatic heterocycles. The van der Waals surface area contributed by atoms with Gasteiger partial charge >= 0.3 is 0 Å². The van der Waals surface area contributed by atoms with Crippen molar-refractivity contribution in [3.8, 4) is 0 Å². The zero-order chi connectivity index (χ0) is 15.6. The summed E-state index contributed by atoms with van der Waals surface area (Å²) in [6, 6.07) is 0.188. The summed E-state index contributed by atoms with van der Waals surface area (Å²) in [5.74, 6) is 1.15. The quantitative estimate of drug-likeness (QED) is 0.793. The average molecular weight is 293 g/mol. The third-order valence-electron chi connectivity index (χ3n) is 5.65. The Bertz CT molecular complexity index is 397. The second-order valence-electron chi connectivity index (χ2n) is 8.09. The van der Waals surface area contributed by atoms with Gasteiger partial charge in [0.25, 0.3) is 0 Å². The number of hydrogen-bond donors (Lipinski definition) is 0. The maximum Gasteiger partial charge on any atom is 0.223 e. The number of hydrogen-bond acceptors (Lipinski definition) is 2. The minimum atomic E-state index is 0.124. The molecule has 2 fully saturated rings. The number of ketones is 1. The van der Waals surface area contributed by atoms with E-state index < -0.39 is 0 Å². The van der Waals surface area contributed by atoms with Crippen molar-refractivity contribution >= 4 is 11.7 Å². The van der Waals surface area contributed by atoms with Gasteiger partial charge in [0.1, 0.15) is 5.78 Å². The van der Waals surface area contributed by atoms with Crippen molar-refractivity contribution in [2.75, 3.05) is 6.54 Å². The molecule has 1 saturated heterocycles. The van der Waals surface area contributed by atoms with Crippen molar-refractivity contribution in [1.29, 1.82) is 0 Å². The molecule has 0 aromatic carbocycles. The molecule has 1 aliphatic heterocycles. The maximum absolute atomic E-state index is 12.7. The molecule has 0 bridgehead atoms. The van der Waals surface area contributed by atoms with Gasteiger partial charge in [0, 0.05) is 31.3 Å². The predicted molar refractivity (Wildman–Crippen MR) is 84.9 cm³/mol. The largest absolute Gasteiger partial charge is 0.339 e. The van der Waals surface area contributed by atoms with Gasteiger partial charge in [-0.3, -0.25) is 9.59 Å². The number of nitrogens with zero attached hydrogens (tertiary/aromatic N) is 1. The van der Waals surface area contributed by atoms with Crippen LogP contribution in [0.2, 0.25) is 0 Å². The average Bonchev–Trinajstić information content (AvgIpc) is 2.83.